The van der Waals surface area contributed by atoms with Gasteiger partial charge < -0.3 is 19.4 Å². The van der Waals surface area contributed by atoms with E-state index in [2.05, 4.69) is 160 Å². The van der Waals surface area contributed by atoms with Crippen LogP contribution < -0.4 is 5.32 Å². The molecule has 9 nitrogen and oxygen atoms in total. The van der Waals surface area contributed by atoms with E-state index in [4.69, 9.17) is 13.8 Å². The van der Waals surface area contributed by atoms with Gasteiger partial charge in [-0.2, -0.15) is 0 Å². The van der Waals surface area contributed by atoms with Gasteiger partial charge in [-0.15, -0.1) is 0 Å². The van der Waals surface area contributed by atoms with E-state index in [1.54, 1.807) is 0 Å². The fourth-order valence-corrected chi connectivity index (χ4v) is 9.82. The molecule has 0 aromatic rings. The Bertz CT molecular complexity index is 1960. The highest BCUT2D eigenvalue weighted by Gasteiger charge is 2.30. The van der Waals surface area contributed by atoms with E-state index in [1.165, 1.54) is 89.9 Å². The highest BCUT2D eigenvalue weighted by Crippen LogP contribution is 2.43. The zero-order chi connectivity index (χ0) is 62.1. The Balaban J connectivity index is 5.26. The lowest BCUT2D eigenvalue weighted by Crippen LogP contribution is -2.47. The fraction of sp³-hybridized carbons (Fsp3) is 0.653. The molecule has 0 saturated carbocycles. The van der Waals surface area contributed by atoms with Crippen LogP contribution in [0.4, 0.5) is 0 Å². The monoisotopic (exact) mass is 1200 g/mol. The quantitative estimate of drug-likeness (QED) is 0.0205. The summed E-state index contributed by atoms with van der Waals surface area (Å²) in [5.74, 6) is -0.570. The number of unbranched alkanes of at least 4 members (excludes halogenated alkanes) is 22. The zero-order valence-electron chi connectivity index (χ0n) is 55.3. The number of carbonyl (C=O) groups is 2. The molecule has 0 aliphatic carbocycles. The van der Waals surface area contributed by atoms with E-state index in [9.17, 15) is 19.0 Å². The van der Waals surface area contributed by atoms with Crippen LogP contribution >= 0.6 is 7.82 Å². The van der Waals surface area contributed by atoms with Crippen molar-refractivity contribution in [3.05, 3.63) is 146 Å². The van der Waals surface area contributed by atoms with Gasteiger partial charge in [-0.1, -0.05) is 270 Å². The van der Waals surface area contributed by atoms with Crippen molar-refractivity contribution in [2.24, 2.45) is 0 Å². The van der Waals surface area contributed by atoms with Crippen LogP contribution in [0.2, 0.25) is 0 Å². The van der Waals surface area contributed by atoms with Crippen molar-refractivity contribution < 1.29 is 37.3 Å². The van der Waals surface area contributed by atoms with Gasteiger partial charge in [0.25, 0.3) is 0 Å². The van der Waals surface area contributed by atoms with Crippen LogP contribution in [-0.4, -0.2) is 74.3 Å². The molecular formula is C75H128N2O7P+. The first-order chi connectivity index (χ1) is 41.4. The van der Waals surface area contributed by atoms with Crippen LogP contribution in [0.5, 0.6) is 0 Å². The van der Waals surface area contributed by atoms with Crippen LogP contribution in [-0.2, 0) is 27.9 Å². The molecule has 0 aromatic carbocycles. The minimum absolute atomic E-state index is 0.0238. The molecule has 0 saturated heterocycles. The van der Waals surface area contributed by atoms with Crippen LogP contribution in [0.15, 0.2) is 146 Å². The van der Waals surface area contributed by atoms with Gasteiger partial charge in [0.15, 0.2) is 0 Å². The highest BCUT2D eigenvalue weighted by molar-refractivity contribution is 7.47. The maximum atomic E-state index is 13.6. The van der Waals surface area contributed by atoms with Gasteiger partial charge in [0.05, 0.1) is 33.8 Å². The Morgan fingerprint density at radius 1 is 0.424 bits per heavy atom. The average molecular weight is 1200 g/mol. The Kier molecular flexibility index (Phi) is 59.9. The van der Waals surface area contributed by atoms with Crippen LogP contribution in [0.25, 0.3) is 0 Å². The Morgan fingerprint density at radius 2 is 0.753 bits per heavy atom. The lowest BCUT2D eigenvalue weighted by molar-refractivity contribution is -0.870. The summed E-state index contributed by atoms with van der Waals surface area (Å²) in [7, 11) is 1.45. The van der Waals surface area contributed by atoms with E-state index >= 15 is 0 Å². The van der Waals surface area contributed by atoms with Gasteiger partial charge >= 0.3 is 13.8 Å². The number of amides is 1. The van der Waals surface area contributed by atoms with Crippen molar-refractivity contribution in [2.75, 3.05) is 40.9 Å². The molecule has 2 N–H and O–H groups in total. The number of rotatable bonds is 60. The molecule has 0 rings (SSSR count). The average Bonchev–Trinajstić information content (AvgIpc) is 3.48. The number of carbonyl (C=O) groups excluding carboxylic acids is 2. The normalized spacial score (nSPS) is 14.5. The molecule has 1 amide bonds. The molecule has 3 unspecified atom stereocenters. The largest absolute Gasteiger partial charge is 0.472 e. The smallest absolute Gasteiger partial charge is 0.456 e. The molecule has 484 valence electrons. The van der Waals surface area contributed by atoms with Crippen molar-refractivity contribution in [1.82, 2.24) is 5.32 Å². The third kappa shape index (κ3) is 64.2. The topological polar surface area (TPSA) is 111 Å². The fourth-order valence-electron chi connectivity index (χ4n) is 9.09. The van der Waals surface area contributed by atoms with Crippen molar-refractivity contribution in [2.45, 2.75) is 277 Å². The maximum absolute atomic E-state index is 13.6. The number of nitrogens with zero attached hydrogens (tertiary/aromatic N) is 1. The van der Waals surface area contributed by atoms with Crippen molar-refractivity contribution in [1.29, 1.82) is 0 Å². The van der Waals surface area contributed by atoms with Crippen LogP contribution in [0.3, 0.4) is 0 Å². The van der Waals surface area contributed by atoms with Gasteiger partial charge in [-0.25, -0.2) is 4.57 Å². The molecule has 10 heteroatoms. The summed E-state index contributed by atoms with van der Waals surface area (Å²) < 4.78 is 30.8. The number of ether oxygens (including phenoxy) is 1. The second kappa shape index (κ2) is 62.9. The molecule has 0 fully saturated rings. The van der Waals surface area contributed by atoms with E-state index < -0.39 is 20.0 Å². The predicted molar refractivity (Wildman–Crippen MR) is 369 cm³/mol. The first-order valence-electron chi connectivity index (χ1n) is 34.2. The first-order valence-corrected chi connectivity index (χ1v) is 35.7. The number of phosphoric acid groups is 1. The number of phosphoric ester groups is 1. The van der Waals surface area contributed by atoms with Gasteiger partial charge in [0.2, 0.25) is 5.91 Å². The van der Waals surface area contributed by atoms with Gasteiger partial charge in [0.1, 0.15) is 19.3 Å². The molecule has 0 radical (unpaired) electrons. The molecule has 0 aromatic heterocycles. The van der Waals surface area contributed by atoms with Crippen molar-refractivity contribution in [3.63, 3.8) is 0 Å². The minimum Gasteiger partial charge on any atom is -0.456 e. The number of hydrogen-bond donors (Lipinski definition) is 2. The minimum atomic E-state index is -4.48. The SMILES string of the molecule is CC/C=C\C/C=C\C/C=C\C/C=C\C/C=C\C/C=C\CCCCC(=O)OC(/C=C\CCCCCCCCCCCCC)C(COP(=O)(O)OCC[N+](C)(C)C)NC(=O)CCCCCCCCCCC/C=C\C/C=C\C/C=C\C/C=C\C/C=C\CC. The zero-order valence-corrected chi connectivity index (χ0v) is 56.2. The summed E-state index contributed by atoms with van der Waals surface area (Å²) in [6.07, 6.45) is 91.4. The second-order valence-corrected chi connectivity index (χ2v) is 25.0. The van der Waals surface area contributed by atoms with E-state index in [0.717, 1.165) is 135 Å². The van der Waals surface area contributed by atoms with Crippen LogP contribution in [0.1, 0.15) is 265 Å². The molecular weight excluding hydrogens is 1070 g/mol. The van der Waals surface area contributed by atoms with E-state index in [0.29, 0.717) is 23.9 Å². The Hall–Kier alpha value is -4.11. The second-order valence-electron chi connectivity index (χ2n) is 23.6. The number of allylic oxidation sites excluding steroid dienone is 23. The Morgan fingerprint density at radius 3 is 1.14 bits per heavy atom. The van der Waals surface area contributed by atoms with Crippen molar-refractivity contribution in [3.8, 4) is 0 Å². The predicted octanol–water partition coefficient (Wildman–Crippen LogP) is 21.8. The molecule has 0 spiro atoms. The summed E-state index contributed by atoms with van der Waals surface area (Å²) >= 11 is 0. The standard InChI is InChI=1S/C75H127N2O7P/c1-7-10-13-16-19-22-25-28-30-32-34-36-37-38-39-41-42-44-46-49-52-55-58-61-64-67-74(78)76-72(71-83-85(80,81)82-70-69-77(4,5)6)73(66-63-60-57-54-51-48-27-24-21-18-15-12-9-3)84-75(79)68-65-62-59-56-53-50-47-45-43-40-35-33-31-29-26-23-20-17-14-11-8-2/h10-11,13-14,19-20,22-23,28-31,34-36,38-40,45,47,53,56,63,66,72-73H,7-9,12,15-18,21,24-27,32-33,37,41-44,46,48-52,54-55,57-62,64-65,67-71H2,1-6H3,(H-,76,78,80,81)/p+1/b13-10-,14-11-,22-19-,23-20-,30-28-,31-29-,36-34-,39-38-,40-35-,47-45-,56-53-,66-63-. The summed E-state index contributed by atoms with van der Waals surface area (Å²) in [6, 6.07) is -0.882. The van der Waals surface area contributed by atoms with E-state index in [-0.39, 0.29) is 31.5 Å². The number of quaternary nitrogens is 1. The third-order valence-corrected chi connectivity index (χ3v) is 15.3. The molecule has 0 heterocycles. The Labute approximate surface area is 523 Å². The molecule has 0 aliphatic heterocycles. The lowest BCUT2D eigenvalue weighted by Gasteiger charge is -2.27. The van der Waals surface area contributed by atoms with Gasteiger partial charge in [0, 0.05) is 12.8 Å². The lowest BCUT2D eigenvalue weighted by atomic mass is 10.0. The number of hydrogen-bond acceptors (Lipinski definition) is 6. The van der Waals surface area contributed by atoms with E-state index in [1.807, 2.05) is 33.3 Å². The van der Waals surface area contributed by atoms with Crippen LogP contribution in [0, 0.1) is 0 Å². The van der Waals surface area contributed by atoms with Gasteiger partial charge in [-0.05, 0) is 128 Å². The number of esters is 1. The summed E-state index contributed by atoms with van der Waals surface area (Å²) in [5.41, 5.74) is 0. The third-order valence-electron chi connectivity index (χ3n) is 14.3. The molecule has 0 aliphatic rings. The first kappa shape index (κ1) is 80.9. The summed E-state index contributed by atoms with van der Waals surface area (Å²) in [4.78, 5) is 37.9. The summed E-state index contributed by atoms with van der Waals surface area (Å²) in [6.45, 7) is 6.75. The molecule has 0 bridgehead atoms. The van der Waals surface area contributed by atoms with Crippen molar-refractivity contribution >= 4 is 19.7 Å². The number of nitrogens with one attached hydrogen (secondary N) is 1. The highest BCUT2D eigenvalue weighted by atomic mass is 31.2. The number of likely N-dealkylation sites (N-methyl/N-ethyl adjacent to an activating group) is 1. The molecule has 85 heavy (non-hydrogen) atoms. The summed E-state index contributed by atoms with van der Waals surface area (Å²) in [5, 5.41) is 3.05. The maximum Gasteiger partial charge on any atom is 0.472 e. The molecule has 3 atom stereocenters. The van der Waals surface area contributed by atoms with Gasteiger partial charge in [-0.3, -0.25) is 18.6 Å².